The van der Waals surface area contributed by atoms with E-state index >= 15 is 0 Å². The van der Waals surface area contributed by atoms with Crippen molar-refractivity contribution in [2.45, 2.75) is 145 Å². The molecule has 294 valence electrons. The number of fused-ring (bicyclic) bond motifs is 7. The maximum absolute atomic E-state index is 14.2. The predicted octanol–water partition coefficient (Wildman–Crippen LogP) is 9.16. The summed E-state index contributed by atoms with van der Waals surface area (Å²) in [7, 11) is 0. The summed E-state index contributed by atoms with van der Waals surface area (Å²) in [6.07, 6.45) is 9.92. The summed E-state index contributed by atoms with van der Waals surface area (Å²) in [4.78, 5) is 47.2. The van der Waals surface area contributed by atoms with Gasteiger partial charge in [0.2, 0.25) is 11.7 Å². The monoisotopic (exact) mass is 746 g/mol. The highest BCUT2D eigenvalue weighted by Crippen LogP contribution is 2.77. The lowest BCUT2D eigenvalue weighted by Gasteiger charge is -2.72. The van der Waals surface area contributed by atoms with Crippen LogP contribution in [0.1, 0.15) is 145 Å². The number of nitrogens with zero attached hydrogens (tertiary/aromatic N) is 4. The molecule has 5 aliphatic carbocycles. The van der Waals surface area contributed by atoms with Crippen molar-refractivity contribution in [3.8, 4) is 11.7 Å². The number of allylic oxidation sites excluding steroid dienone is 2. The van der Waals surface area contributed by atoms with Crippen LogP contribution in [-0.2, 0) is 19.1 Å². The average molecular weight is 747 g/mol. The zero-order valence-electron chi connectivity index (χ0n) is 33.8. The van der Waals surface area contributed by atoms with Gasteiger partial charge in [0, 0.05) is 23.2 Å². The number of aliphatic carboxylic acids is 1. The van der Waals surface area contributed by atoms with E-state index in [1.54, 1.807) is 13.8 Å². The zero-order valence-corrected chi connectivity index (χ0v) is 33.8. The second-order valence-electron chi connectivity index (χ2n) is 19.9. The number of ether oxygens (including phenoxy) is 1. The molecule has 2 unspecified atom stereocenters. The number of halogens is 1. The van der Waals surface area contributed by atoms with Crippen LogP contribution in [0.5, 0.6) is 0 Å². The molecule has 0 aromatic carbocycles. The van der Waals surface area contributed by atoms with Gasteiger partial charge in [-0.3, -0.25) is 14.4 Å². The summed E-state index contributed by atoms with van der Waals surface area (Å²) in [5.41, 5.74) is 0.480. The Hall–Kier alpha value is -3.50. The Kier molecular flexibility index (Phi) is 9.16. The third-order valence-electron chi connectivity index (χ3n) is 16.3. The largest absolute Gasteiger partial charge is 0.481 e. The molecule has 2 aromatic rings. The van der Waals surface area contributed by atoms with Gasteiger partial charge in [-0.2, -0.15) is 0 Å². The summed E-state index contributed by atoms with van der Waals surface area (Å²) in [5.74, 6) is -0.0384. The van der Waals surface area contributed by atoms with Gasteiger partial charge in [-0.15, -0.1) is 10.2 Å². The lowest BCUT2D eigenvalue weighted by molar-refractivity contribution is -0.234. The number of Topliss-reactive ketones (excluding diaryl/α,β-unsaturated/α-hetero) is 1. The molecule has 1 N–H and O–H groups in total. The molecule has 5 aliphatic rings. The molecule has 4 fully saturated rings. The van der Waals surface area contributed by atoms with E-state index in [1.165, 1.54) is 5.57 Å². The van der Waals surface area contributed by atoms with Crippen molar-refractivity contribution < 1.29 is 33.0 Å². The third-order valence-corrected chi connectivity index (χ3v) is 16.3. The molecule has 54 heavy (non-hydrogen) atoms. The Balaban J connectivity index is 1.19. The first-order valence-electron chi connectivity index (χ1n) is 20.1. The number of carboxylic acid groups (broad SMARTS) is 1. The first-order valence-corrected chi connectivity index (χ1v) is 20.1. The number of hydrogen-bond acceptors (Lipinski definition) is 9. The van der Waals surface area contributed by atoms with Crippen molar-refractivity contribution in [3.63, 3.8) is 0 Å². The number of aromatic nitrogens is 4. The minimum Gasteiger partial charge on any atom is -0.481 e. The van der Waals surface area contributed by atoms with Crippen LogP contribution in [0, 0.1) is 62.0 Å². The molecule has 0 bridgehead atoms. The molecular weight excluding hydrogens is 687 g/mol. The van der Waals surface area contributed by atoms with Crippen LogP contribution in [0.25, 0.3) is 11.7 Å². The number of esters is 1. The van der Waals surface area contributed by atoms with Gasteiger partial charge in [0.15, 0.2) is 11.6 Å². The number of carbonyl (C=O) groups excluding carboxylic acids is 2. The van der Waals surface area contributed by atoms with E-state index < -0.39 is 28.6 Å². The first kappa shape index (κ1) is 38.8. The fourth-order valence-corrected chi connectivity index (χ4v) is 13.2. The van der Waals surface area contributed by atoms with Gasteiger partial charge in [-0.25, -0.2) is 14.4 Å². The van der Waals surface area contributed by atoms with Crippen molar-refractivity contribution >= 4 is 17.7 Å². The highest BCUT2D eigenvalue weighted by atomic mass is 19.1. The van der Waals surface area contributed by atoms with Gasteiger partial charge in [0.1, 0.15) is 6.10 Å². The molecule has 11 heteroatoms. The molecule has 2 aromatic heterocycles. The second kappa shape index (κ2) is 12.8. The van der Waals surface area contributed by atoms with Gasteiger partial charge >= 0.3 is 11.9 Å². The van der Waals surface area contributed by atoms with Crippen molar-refractivity contribution in [1.29, 1.82) is 0 Å². The smallest absolute Gasteiger partial charge is 0.309 e. The number of ketones is 1. The predicted molar refractivity (Wildman–Crippen MR) is 199 cm³/mol. The topological polar surface area (TPSA) is 145 Å². The molecule has 0 saturated heterocycles. The lowest BCUT2D eigenvalue weighted by Crippen LogP contribution is -2.66. The Bertz CT molecular complexity index is 1890. The van der Waals surface area contributed by atoms with Gasteiger partial charge in [0.25, 0.3) is 5.89 Å². The Morgan fingerprint density at radius 2 is 1.63 bits per heavy atom. The van der Waals surface area contributed by atoms with Crippen molar-refractivity contribution in [1.82, 2.24) is 20.2 Å². The van der Waals surface area contributed by atoms with Crippen LogP contribution in [0.3, 0.4) is 0 Å². The SMILES string of the molecule is CC(C)C1=C2[C@H]3CCC4[C@@]5(C)CC[C@H](OC(=O)CC(C)(C)C(=O)O)C(C)(C)C5CC[C@@]4(C)[C@]3(C)CC[C@@]2([C@@H](C)c2nnc(-c3ncc(F)cn3)o2)CC1=O. The molecule has 0 radical (unpaired) electrons. The number of carboxylic acids is 1. The third kappa shape index (κ3) is 5.54. The first-order chi connectivity index (χ1) is 25.1. The van der Waals surface area contributed by atoms with Crippen molar-refractivity contribution in [3.05, 3.63) is 35.2 Å². The zero-order chi connectivity index (χ0) is 39.4. The van der Waals surface area contributed by atoms with Gasteiger partial charge in [-0.05, 0) is 111 Å². The standard InChI is InChI=1S/C43H59FN4O6/c1-23(2)32-27(49)19-43(24(3)35-47-48-36(54-35)34-45-21-25(44)22-46-34)18-17-41(9)26(33(32)43)11-12-29-40(8)15-14-30(53-31(50)20-38(4,5)37(51)52)39(6,7)28(40)13-16-42(29,41)10/h21-24,26,28-30H,11-20H2,1-10H3,(H,51,52)/t24-,26+,28?,29?,30-,40-,41+,42+,43-/m0/s1. The van der Waals surface area contributed by atoms with Crippen molar-refractivity contribution in [2.24, 2.45) is 56.2 Å². The van der Waals surface area contributed by atoms with Gasteiger partial charge < -0.3 is 14.3 Å². The summed E-state index contributed by atoms with van der Waals surface area (Å²) in [6, 6.07) is 0. The molecule has 4 saturated carbocycles. The molecule has 10 nitrogen and oxygen atoms in total. The maximum atomic E-state index is 14.2. The second-order valence-corrected chi connectivity index (χ2v) is 19.9. The van der Waals surface area contributed by atoms with E-state index in [2.05, 4.69) is 75.6 Å². The van der Waals surface area contributed by atoms with E-state index in [0.717, 1.165) is 69.3 Å². The van der Waals surface area contributed by atoms with E-state index in [1.807, 2.05) is 0 Å². The minimum absolute atomic E-state index is 0.0278. The fraction of sp³-hybridized carbons (Fsp3) is 0.744. The Morgan fingerprint density at radius 1 is 0.944 bits per heavy atom. The van der Waals surface area contributed by atoms with E-state index in [4.69, 9.17) is 9.15 Å². The summed E-state index contributed by atoms with van der Waals surface area (Å²) >= 11 is 0. The molecule has 0 amide bonds. The van der Waals surface area contributed by atoms with Gasteiger partial charge in [0.05, 0.1) is 24.2 Å². The molecule has 0 aliphatic heterocycles. The highest BCUT2D eigenvalue weighted by Gasteiger charge is 2.71. The van der Waals surface area contributed by atoms with Crippen LogP contribution in [0.2, 0.25) is 0 Å². The summed E-state index contributed by atoms with van der Waals surface area (Å²) in [6.45, 7) is 21.7. The molecule has 2 heterocycles. The Labute approximate surface area is 318 Å². The lowest BCUT2D eigenvalue weighted by atomic mass is 9.32. The van der Waals surface area contributed by atoms with Gasteiger partial charge in [-0.1, -0.05) is 61.0 Å². The summed E-state index contributed by atoms with van der Waals surface area (Å²) in [5, 5.41) is 18.4. The highest BCUT2D eigenvalue weighted by molar-refractivity contribution is 6.01. The molecule has 0 spiro atoms. The van der Waals surface area contributed by atoms with E-state index in [9.17, 15) is 23.9 Å². The van der Waals surface area contributed by atoms with Crippen LogP contribution in [0.4, 0.5) is 4.39 Å². The maximum Gasteiger partial charge on any atom is 0.309 e. The number of hydrogen-bond donors (Lipinski definition) is 1. The molecular formula is C43H59FN4O6. The quantitative estimate of drug-likeness (QED) is 0.260. The van der Waals surface area contributed by atoms with Crippen LogP contribution in [-0.4, -0.2) is 49.1 Å². The van der Waals surface area contributed by atoms with E-state index in [0.29, 0.717) is 24.1 Å². The van der Waals surface area contributed by atoms with Crippen LogP contribution >= 0.6 is 0 Å². The average Bonchev–Trinajstić information content (AvgIpc) is 3.69. The Morgan fingerprint density at radius 3 is 2.28 bits per heavy atom. The molecule has 7 rings (SSSR count). The summed E-state index contributed by atoms with van der Waals surface area (Å²) < 4.78 is 26.0. The molecule has 9 atom stereocenters. The number of rotatable bonds is 8. The normalized spacial score (nSPS) is 36.6. The van der Waals surface area contributed by atoms with Crippen LogP contribution in [0.15, 0.2) is 28.0 Å². The minimum atomic E-state index is -1.18. The van der Waals surface area contributed by atoms with Crippen LogP contribution < -0.4 is 0 Å². The fourth-order valence-electron chi connectivity index (χ4n) is 13.2. The van der Waals surface area contributed by atoms with Crippen molar-refractivity contribution in [2.75, 3.05) is 0 Å². The number of carbonyl (C=O) groups is 3. The van der Waals surface area contributed by atoms with E-state index in [-0.39, 0.29) is 69.4 Å².